The van der Waals surface area contributed by atoms with Gasteiger partial charge in [-0.25, -0.2) is 4.79 Å². The maximum absolute atomic E-state index is 9.94. The summed E-state index contributed by atoms with van der Waals surface area (Å²) in [6.07, 6.45) is 2.41. The number of carbonyl (C=O) groups is 2. The minimum absolute atomic E-state index is 0.00393. The van der Waals surface area contributed by atoms with E-state index in [9.17, 15) is 9.59 Å². The van der Waals surface area contributed by atoms with Gasteiger partial charge in [-0.15, -0.1) is 11.8 Å². The van der Waals surface area contributed by atoms with E-state index in [1.54, 1.807) is 0 Å². The van der Waals surface area contributed by atoms with Crippen molar-refractivity contribution in [2.45, 2.75) is 0 Å². The molecule has 0 fully saturated rings. The predicted molar refractivity (Wildman–Crippen MR) is 41.7 cm³/mol. The van der Waals surface area contributed by atoms with Gasteiger partial charge in [-0.05, 0) is 0 Å². The van der Waals surface area contributed by atoms with Gasteiger partial charge in [-0.3, -0.25) is 4.79 Å². The van der Waals surface area contributed by atoms with Crippen LogP contribution in [0.25, 0.3) is 0 Å². The molecule has 0 aliphatic carbocycles. The molecule has 0 aliphatic rings. The average Bonchev–Trinajstić information content (AvgIpc) is 1.85. The van der Waals surface area contributed by atoms with Crippen LogP contribution in [0.5, 0.6) is 0 Å². The van der Waals surface area contributed by atoms with Gasteiger partial charge in [0.2, 0.25) is 0 Å². The van der Waals surface area contributed by atoms with E-state index in [0.29, 0.717) is 5.75 Å². The van der Waals surface area contributed by atoms with Crippen LogP contribution < -0.4 is 0 Å². The molecule has 0 spiro atoms. The fraction of sp³-hybridized carbons (Fsp3) is 0.333. The molecule has 0 aliphatic heterocycles. The van der Waals surface area contributed by atoms with Gasteiger partial charge in [0.05, 0.1) is 5.75 Å². The Bertz CT molecular complexity index is 175. The lowest BCUT2D eigenvalue weighted by atomic mass is 10.5. The molecule has 4 nitrogen and oxygen atoms in total. The summed E-state index contributed by atoms with van der Waals surface area (Å²) >= 11 is 1.15. The molecule has 11 heavy (non-hydrogen) atoms. The Morgan fingerprint density at radius 3 is 2.45 bits per heavy atom. The van der Waals surface area contributed by atoms with Crippen molar-refractivity contribution in [3.05, 3.63) is 12.2 Å². The zero-order valence-electron chi connectivity index (χ0n) is 5.69. The number of rotatable bonds is 5. The second-order valence-electron chi connectivity index (χ2n) is 1.65. The molecule has 0 aromatic carbocycles. The van der Waals surface area contributed by atoms with Crippen LogP contribution in [-0.4, -0.2) is 33.7 Å². The minimum Gasteiger partial charge on any atom is -0.481 e. The van der Waals surface area contributed by atoms with Crippen LogP contribution in [0, 0.1) is 0 Å². The Morgan fingerprint density at radius 1 is 1.36 bits per heavy atom. The Kier molecular flexibility index (Phi) is 5.28. The molecule has 0 unspecified atom stereocenters. The van der Waals surface area contributed by atoms with Crippen molar-refractivity contribution in [1.29, 1.82) is 0 Å². The highest BCUT2D eigenvalue weighted by Gasteiger charge is 1.93. The first-order valence-corrected chi connectivity index (χ1v) is 3.97. The summed E-state index contributed by atoms with van der Waals surface area (Å²) in [5.74, 6) is -1.48. The fourth-order valence-corrected chi connectivity index (χ4v) is 0.888. The number of aliphatic carboxylic acids is 2. The highest BCUT2D eigenvalue weighted by Crippen LogP contribution is 1.98. The molecule has 0 amide bonds. The van der Waals surface area contributed by atoms with Crippen molar-refractivity contribution in [3.8, 4) is 0 Å². The smallest absolute Gasteiger partial charge is 0.328 e. The molecule has 0 heterocycles. The summed E-state index contributed by atoms with van der Waals surface area (Å²) < 4.78 is 0. The van der Waals surface area contributed by atoms with Crippen LogP contribution in [0.1, 0.15) is 0 Å². The van der Waals surface area contributed by atoms with Crippen molar-refractivity contribution in [2.75, 3.05) is 11.5 Å². The third-order valence-electron chi connectivity index (χ3n) is 0.700. The summed E-state index contributed by atoms with van der Waals surface area (Å²) in [7, 11) is 0. The van der Waals surface area contributed by atoms with Gasteiger partial charge in [-0.2, -0.15) is 0 Å². The molecular weight excluding hydrogens is 168 g/mol. The van der Waals surface area contributed by atoms with Gasteiger partial charge in [0.1, 0.15) is 0 Å². The normalized spacial score (nSPS) is 10.2. The molecular formula is C6H8O4S. The van der Waals surface area contributed by atoms with E-state index in [2.05, 4.69) is 0 Å². The lowest BCUT2D eigenvalue weighted by Crippen LogP contribution is -1.98. The van der Waals surface area contributed by atoms with E-state index >= 15 is 0 Å². The van der Waals surface area contributed by atoms with Crippen molar-refractivity contribution < 1.29 is 19.8 Å². The third kappa shape index (κ3) is 9.03. The Balaban J connectivity index is 3.27. The topological polar surface area (TPSA) is 74.6 Å². The quantitative estimate of drug-likeness (QED) is 0.469. The molecule has 5 heteroatoms. The predicted octanol–water partition coefficient (Wildman–Crippen LogP) is 0.445. The maximum atomic E-state index is 9.94. The highest BCUT2D eigenvalue weighted by molar-refractivity contribution is 8.00. The van der Waals surface area contributed by atoms with E-state index in [1.807, 2.05) is 0 Å². The van der Waals surface area contributed by atoms with Crippen LogP contribution in [0.3, 0.4) is 0 Å². The summed E-state index contributed by atoms with van der Waals surface area (Å²) in [6, 6.07) is 0. The Labute approximate surface area is 67.9 Å². The van der Waals surface area contributed by atoms with Gasteiger partial charge in [0.15, 0.2) is 0 Å². The third-order valence-corrected chi connectivity index (χ3v) is 1.58. The van der Waals surface area contributed by atoms with E-state index < -0.39 is 11.9 Å². The van der Waals surface area contributed by atoms with E-state index in [1.165, 1.54) is 6.08 Å². The number of hydrogen-bond donors (Lipinski definition) is 2. The first-order chi connectivity index (χ1) is 5.13. The number of carboxylic acid groups (broad SMARTS) is 2. The minimum atomic E-state index is -1.01. The molecule has 0 aromatic rings. The summed E-state index contributed by atoms with van der Waals surface area (Å²) in [4.78, 5) is 19.8. The zero-order valence-corrected chi connectivity index (χ0v) is 6.50. The largest absolute Gasteiger partial charge is 0.481 e. The lowest BCUT2D eigenvalue weighted by molar-refractivity contribution is -0.134. The van der Waals surface area contributed by atoms with E-state index in [0.717, 1.165) is 17.8 Å². The molecule has 0 bridgehead atoms. The summed E-state index contributed by atoms with van der Waals surface area (Å²) in [5, 5.41) is 16.3. The first-order valence-electron chi connectivity index (χ1n) is 2.82. The second kappa shape index (κ2) is 5.79. The molecule has 62 valence electrons. The maximum Gasteiger partial charge on any atom is 0.328 e. The van der Waals surface area contributed by atoms with Crippen molar-refractivity contribution in [2.24, 2.45) is 0 Å². The molecule has 0 radical (unpaired) electrons. The van der Waals surface area contributed by atoms with Gasteiger partial charge >= 0.3 is 11.9 Å². The summed E-state index contributed by atoms with van der Waals surface area (Å²) in [5.41, 5.74) is 0. The van der Waals surface area contributed by atoms with Crippen LogP contribution in [0.15, 0.2) is 12.2 Å². The molecule has 0 atom stereocenters. The number of hydrogen-bond acceptors (Lipinski definition) is 3. The van der Waals surface area contributed by atoms with Crippen molar-refractivity contribution >= 4 is 23.7 Å². The second-order valence-corrected chi connectivity index (χ2v) is 2.68. The standard InChI is InChI=1S/C6H8O4S/c7-5(8)2-1-3-11-4-6(9)10/h1-2H,3-4H2,(H,7,8)(H,9,10). The lowest BCUT2D eigenvalue weighted by Gasteiger charge is -1.89. The van der Waals surface area contributed by atoms with Gasteiger partial charge < -0.3 is 10.2 Å². The van der Waals surface area contributed by atoms with Crippen LogP contribution in [0.2, 0.25) is 0 Å². The van der Waals surface area contributed by atoms with Crippen LogP contribution in [0.4, 0.5) is 0 Å². The van der Waals surface area contributed by atoms with Crippen molar-refractivity contribution in [1.82, 2.24) is 0 Å². The highest BCUT2D eigenvalue weighted by atomic mass is 32.2. The molecule has 0 saturated carbocycles. The number of thioether (sulfide) groups is 1. The average molecular weight is 176 g/mol. The number of carboxylic acids is 2. The van der Waals surface area contributed by atoms with Gasteiger partial charge in [0, 0.05) is 11.8 Å². The molecule has 0 aromatic heterocycles. The fourth-order valence-electron chi connectivity index (χ4n) is 0.363. The van der Waals surface area contributed by atoms with Crippen LogP contribution in [-0.2, 0) is 9.59 Å². The monoisotopic (exact) mass is 176 g/mol. The molecule has 0 saturated heterocycles. The van der Waals surface area contributed by atoms with E-state index in [-0.39, 0.29) is 5.75 Å². The molecule has 2 N–H and O–H groups in total. The van der Waals surface area contributed by atoms with Crippen molar-refractivity contribution in [3.63, 3.8) is 0 Å². The summed E-state index contributed by atoms with van der Waals surface area (Å²) in [6.45, 7) is 0. The first kappa shape index (κ1) is 10.0. The molecule has 0 rings (SSSR count). The Morgan fingerprint density at radius 2 is 2.00 bits per heavy atom. The van der Waals surface area contributed by atoms with E-state index in [4.69, 9.17) is 10.2 Å². The van der Waals surface area contributed by atoms with Gasteiger partial charge in [0.25, 0.3) is 0 Å². The zero-order chi connectivity index (χ0) is 8.69. The Hall–Kier alpha value is -0.970. The van der Waals surface area contributed by atoms with Gasteiger partial charge in [-0.1, -0.05) is 6.08 Å². The SMILES string of the molecule is O=C(O)C=CCSCC(=O)O. The van der Waals surface area contributed by atoms with Crippen LogP contribution >= 0.6 is 11.8 Å².